The van der Waals surface area contributed by atoms with Gasteiger partial charge in [0.15, 0.2) is 11.8 Å². The molecule has 0 amide bonds. The third-order valence-electron chi connectivity index (χ3n) is 4.32. The van der Waals surface area contributed by atoms with Gasteiger partial charge >= 0.3 is 5.97 Å². The van der Waals surface area contributed by atoms with Crippen LogP contribution in [0, 0.1) is 5.21 Å². The Balaban J connectivity index is 3.74. The van der Waals surface area contributed by atoms with E-state index in [1.165, 1.54) is 0 Å². The molecule has 0 fully saturated rings. The molecule has 27 heavy (non-hydrogen) atoms. The second-order valence-electron chi connectivity index (χ2n) is 10.3. The Labute approximate surface area is 165 Å². The van der Waals surface area contributed by atoms with Crippen LogP contribution < -0.4 is 4.74 Å². The van der Waals surface area contributed by atoms with E-state index in [2.05, 4.69) is 41.5 Å². The van der Waals surface area contributed by atoms with Gasteiger partial charge in [0.2, 0.25) is 0 Å². The molecule has 0 N–H and O–H groups in total. The number of carbonyl (C=O) groups is 1. The summed E-state index contributed by atoms with van der Waals surface area (Å²) in [5.74, 6) is 0.421. The first-order chi connectivity index (χ1) is 12.1. The zero-order valence-corrected chi connectivity index (χ0v) is 18.8. The SMILES string of the molecule is CCCC(=O)Oc1c(C(C)(C)C)cc(/C=[N+](/[O-])C(C)(C)C)cc1C(C)(C)C. The van der Waals surface area contributed by atoms with Crippen LogP contribution in [0.2, 0.25) is 0 Å². The fraction of sp³-hybridized carbons (Fsp3) is 0.652. The standard InChI is InChI=1S/C23H37NO3/c1-11-12-19(25)27-20-17(21(2,3)4)13-16(14-18(20)22(5,6)7)15-24(26)23(8,9)10/h13-15H,11-12H2,1-10H3/b24-15+. The lowest BCUT2D eigenvalue weighted by Gasteiger charge is -2.29. The molecule has 0 atom stereocenters. The highest BCUT2D eigenvalue weighted by atomic mass is 16.5. The maximum atomic E-state index is 12.5. The van der Waals surface area contributed by atoms with Crippen LogP contribution >= 0.6 is 0 Å². The summed E-state index contributed by atoms with van der Waals surface area (Å²) in [4.78, 5) is 12.3. The summed E-state index contributed by atoms with van der Waals surface area (Å²) in [6.07, 6.45) is 2.76. The van der Waals surface area contributed by atoms with Crippen molar-refractivity contribution in [3.8, 4) is 5.75 Å². The van der Waals surface area contributed by atoms with Crippen molar-refractivity contribution in [3.05, 3.63) is 34.0 Å². The smallest absolute Gasteiger partial charge is 0.311 e. The van der Waals surface area contributed by atoms with Crippen LogP contribution in [0.25, 0.3) is 0 Å². The molecule has 0 bridgehead atoms. The van der Waals surface area contributed by atoms with Gasteiger partial charge in [-0.15, -0.1) is 0 Å². The molecule has 0 unspecified atom stereocenters. The largest absolute Gasteiger partial charge is 0.623 e. The monoisotopic (exact) mass is 375 g/mol. The summed E-state index contributed by atoms with van der Waals surface area (Å²) < 4.78 is 6.83. The first-order valence-corrected chi connectivity index (χ1v) is 9.78. The number of nitrogens with zero attached hydrogens (tertiary/aromatic N) is 1. The minimum Gasteiger partial charge on any atom is -0.623 e. The third-order valence-corrected chi connectivity index (χ3v) is 4.32. The van der Waals surface area contributed by atoms with Crippen molar-refractivity contribution >= 4 is 12.2 Å². The zero-order valence-electron chi connectivity index (χ0n) is 18.8. The van der Waals surface area contributed by atoms with Gasteiger partial charge in [-0.1, -0.05) is 48.5 Å². The number of hydrogen-bond donors (Lipinski definition) is 0. The van der Waals surface area contributed by atoms with E-state index in [-0.39, 0.29) is 16.8 Å². The molecule has 1 rings (SSSR count). The van der Waals surface area contributed by atoms with Gasteiger partial charge in [0.1, 0.15) is 5.75 Å². The van der Waals surface area contributed by atoms with E-state index in [1.807, 2.05) is 39.8 Å². The number of hydrogen-bond acceptors (Lipinski definition) is 3. The van der Waals surface area contributed by atoms with Crippen LogP contribution in [0.15, 0.2) is 12.1 Å². The van der Waals surface area contributed by atoms with Gasteiger partial charge in [0.25, 0.3) is 0 Å². The minimum atomic E-state index is -0.518. The molecule has 0 spiro atoms. The van der Waals surface area contributed by atoms with Gasteiger partial charge in [0, 0.05) is 43.9 Å². The number of rotatable bonds is 4. The summed E-state index contributed by atoms with van der Waals surface area (Å²) in [6.45, 7) is 20.2. The predicted molar refractivity (Wildman–Crippen MR) is 113 cm³/mol. The summed E-state index contributed by atoms with van der Waals surface area (Å²) in [5, 5.41) is 12.5. The van der Waals surface area contributed by atoms with Gasteiger partial charge in [-0.2, -0.15) is 0 Å². The molecule has 0 aromatic heterocycles. The lowest BCUT2D eigenvalue weighted by molar-refractivity contribution is -0.530. The molecule has 0 aliphatic heterocycles. The fourth-order valence-electron chi connectivity index (χ4n) is 2.65. The van der Waals surface area contributed by atoms with Crippen molar-refractivity contribution in [3.63, 3.8) is 0 Å². The maximum absolute atomic E-state index is 12.5. The molecule has 0 aliphatic carbocycles. The van der Waals surface area contributed by atoms with E-state index in [9.17, 15) is 10.0 Å². The molecule has 0 saturated carbocycles. The van der Waals surface area contributed by atoms with Crippen molar-refractivity contribution in [1.29, 1.82) is 0 Å². The summed E-state index contributed by atoms with van der Waals surface area (Å²) in [7, 11) is 0. The first-order valence-electron chi connectivity index (χ1n) is 9.78. The molecule has 0 saturated heterocycles. The third kappa shape index (κ3) is 6.37. The van der Waals surface area contributed by atoms with Crippen molar-refractivity contribution in [1.82, 2.24) is 0 Å². The highest BCUT2D eigenvalue weighted by molar-refractivity contribution is 5.80. The second-order valence-corrected chi connectivity index (χ2v) is 10.3. The van der Waals surface area contributed by atoms with Crippen LogP contribution in [0.1, 0.15) is 98.8 Å². The molecule has 4 nitrogen and oxygen atoms in total. The van der Waals surface area contributed by atoms with E-state index in [0.717, 1.165) is 27.9 Å². The predicted octanol–water partition coefficient (Wildman–Crippen LogP) is 5.71. The van der Waals surface area contributed by atoms with Crippen molar-refractivity contribution in [2.75, 3.05) is 0 Å². The Morgan fingerprint density at radius 2 is 1.44 bits per heavy atom. The highest BCUT2D eigenvalue weighted by Gasteiger charge is 2.30. The average molecular weight is 376 g/mol. The summed E-state index contributed by atoms with van der Waals surface area (Å²) >= 11 is 0. The van der Waals surface area contributed by atoms with Gasteiger partial charge in [-0.3, -0.25) is 4.79 Å². The van der Waals surface area contributed by atoms with Crippen LogP contribution in [0.3, 0.4) is 0 Å². The molecular formula is C23H37NO3. The lowest BCUT2D eigenvalue weighted by Crippen LogP contribution is -2.29. The molecular weight excluding hydrogens is 338 g/mol. The van der Waals surface area contributed by atoms with E-state index >= 15 is 0 Å². The van der Waals surface area contributed by atoms with Crippen molar-refractivity contribution in [2.45, 2.75) is 98.4 Å². The van der Waals surface area contributed by atoms with Crippen LogP contribution in [0.4, 0.5) is 0 Å². The van der Waals surface area contributed by atoms with Crippen molar-refractivity contribution in [2.24, 2.45) is 0 Å². The fourth-order valence-corrected chi connectivity index (χ4v) is 2.65. The van der Waals surface area contributed by atoms with Gasteiger partial charge in [-0.25, -0.2) is 4.74 Å². The van der Waals surface area contributed by atoms with Crippen LogP contribution in [0.5, 0.6) is 5.75 Å². The number of ether oxygens (including phenoxy) is 1. The van der Waals surface area contributed by atoms with E-state index in [0.29, 0.717) is 12.2 Å². The normalized spacial score (nSPS) is 13.6. The van der Waals surface area contributed by atoms with Gasteiger partial charge in [0.05, 0.1) is 0 Å². The van der Waals surface area contributed by atoms with Crippen molar-refractivity contribution < 1.29 is 14.3 Å². The molecule has 1 aromatic carbocycles. The van der Waals surface area contributed by atoms with Gasteiger partial charge in [-0.05, 0) is 29.4 Å². The lowest BCUT2D eigenvalue weighted by atomic mass is 9.78. The van der Waals surface area contributed by atoms with E-state index < -0.39 is 5.54 Å². The maximum Gasteiger partial charge on any atom is 0.311 e. The number of esters is 1. The Morgan fingerprint density at radius 3 is 1.78 bits per heavy atom. The number of carbonyl (C=O) groups excluding carboxylic acids is 1. The molecule has 4 heteroatoms. The molecule has 1 aromatic rings. The van der Waals surface area contributed by atoms with Crippen LogP contribution in [-0.2, 0) is 15.6 Å². The highest BCUT2D eigenvalue weighted by Crippen LogP contribution is 2.40. The van der Waals surface area contributed by atoms with E-state index in [1.54, 1.807) is 6.21 Å². The molecule has 0 radical (unpaired) electrons. The Kier molecular flexibility index (Phi) is 6.90. The zero-order chi connectivity index (χ0) is 21.2. The second kappa shape index (κ2) is 8.04. The van der Waals surface area contributed by atoms with Crippen LogP contribution in [-0.4, -0.2) is 22.5 Å². The number of hydroxylamine groups is 1. The molecule has 0 aliphatic rings. The quantitative estimate of drug-likeness (QED) is 0.169. The Hall–Kier alpha value is -1.84. The van der Waals surface area contributed by atoms with E-state index in [4.69, 9.17) is 4.74 Å². The first kappa shape index (κ1) is 23.2. The molecule has 152 valence electrons. The Bertz CT molecular complexity index is 676. The molecule has 0 heterocycles. The minimum absolute atomic E-state index is 0.217. The Morgan fingerprint density at radius 1 is 1.00 bits per heavy atom. The topological polar surface area (TPSA) is 52.4 Å². The number of benzene rings is 1. The van der Waals surface area contributed by atoms with Gasteiger partial charge < -0.3 is 9.94 Å². The average Bonchev–Trinajstić information content (AvgIpc) is 2.45. The summed E-state index contributed by atoms with van der Waals surface area (Å²) in [5.41, 5.74) is 1.71. The summed E-state index contributed by atoms with van der Waals surface area (Å²) in [6, 6.07) is 3.95.